The normalized spacial score (nSPS) is 17.0. The van der Waals surface area contributed by atoms with Gasteiger partial charge in [0.05, 0.1) is 62.2 Å². The van der Waals surface area contributed by atoms with E-state index in [0.717, 1.165) is 56.8 Å². The van der Waals surface area contributed by atoms with Crippen molar-refractivity contribution in [2.24, 2.45) is 0 Å². The van der Waals surface area contributed by atoms with Gasteiger partial charge >= 0.3 is 40.8 Å². The summed E-state index contributed by atoms with van der Waals surface area (Å²) in [5.74, 6) is 3.69. The maximum atomic E-state index is 5.80. The Hall–Kier alpha value is -1.74. The van der Waals surface area contributed by atoms with Crippen LogP contribution >= 0.6 is 15.8 Å². The molecule has 4 aliphatic carbocycles. The van der Waals surface area contributed by atoms with Gasteiger partial charge in [0, 0.05) is 27.0 Å². The molecule has 4 nitrogen and oxygen atoms in total. The molecule has 8 rings (SSSR count). The Morgan fingerprint density at radius 3 is 0.797 bits per heavy atom. The molecule has 0 unspecified atom stereocenters. The molecule has 4 saturated carbocycles. The molecule has 0 saturated heterocycles. The summed E-state index contributed by atoms with van der Waals surface area (Å²) < 4.78 is 23.2. The largest absolute Gasteiger partial charge is 2.00 e. The first-order chi connectivity index (χ1) is 28.7. The van der Waals surface area contributed by atoms with Crippen LogP contribution in [0.2, 0.25) is 0 Å². The number of methoxy groups -OCH3 is 4. The second-order valence-electron chi connectivity index (χ2n) is 17.4. The molecule has 0 spiro atoms. The summed E-state index contributed by atoms with van der Waals surface area (Å²) in [6.07, 6.45) is 28.6. The number of ether oxygens (including phenoxy) is 4. The van der Waals surface area contributed by atoms with Crippen LogP contribution in [0.5, 0.6) is 23.0 Å². The molecule has 0 aliphatic heterocycles. The van der Waals surface area contributed by atoms with Crippen LogP contribution < -0.4 is 29.6 Å². The van der Waals surface area contributed by atoms with E-state index in [9.17, 15) is 0 Å². The van der Waals surface area contributed by atoms with E-state index in [2.05, 4.69) is 72.8 Å². The Labute approximate surface area is 422 Å². The maximum absolute atomic E-state index is 5.80. The van der Waals surface area contributed by atoms with Crippen molar-refractivity contribution in [3.63, 3.8) is 0 Å². The van der Waals surface area contributed by atoms with Crippen molar-refractivity contribution in [2.45, 2.75) is 151 Å². The van der Waals surface area contributed by atoms with Crippen LogP contribution in [0.4, 0.5) is 0 Å². The van der Waals surface area contributed by atoms with Crippen LogP contribution in [0.1, 0.15) is 128 Å². The third-order valence-corrected chi connectivity index (χ3v) is 22.0. The van der Waals surface area contributed by atoms with Gasteiger partial charge in [-0.15, -0.1) is 0 Å². The minimum Gasteiger partial charge on any atom is -0.496 e. The maximum Gasteiger partial charge on any atom is 2.00 e. The van der Waals surface area contributed by atoms with Gasteiger partial charge in [-0.25, -0.2) is 0 Å². The molecule has 0 atom stereocenters. The Morgan fingerprint density at radius 1 is 0.328 bits per heavy atom. The molecular weight excluding hydrogens is 1010 g/mol. The average molecular weight is 1100 g/mol. The summed E-state index contributed by atoms with van der Waals surface area (Å²) in [6.45, 7) is 0. The fourth-order valence-corrected chi connectivity index (χ4v) is 20.2. The molecule has 4 fully saturated rings. The van der Waals surface area contributed by atoms with Crippen LogP contribution in [0.15, 0.2) is 84.9 Å². The van der Waals surface area contributed by atoms with E-state index in [-0.39, 0.29) is 70.6 Å². The summed E-state index contributed by atoms with van der Waals surface area (Å²) in [5, 5.41) is 3.25. The molecule has 0 bridgehead atoms. The summed E-state index contributed by atoms with van der Waals surface area (Å²) in [4.78, 5) is 0. The van der Waals surface area contributed by atoms with Gasteiger partial charge in [-0.3, -0.25) is 0 Å². The molecule has 4 aromatic carbocycles. The van der Waals surface area contributed by atoms with Gasteiger partial charge in [-0.1, -0.05) is 74.2 Å². The Morgan fingerprint density at radius 2 is 0.562 bits per heavy atom. The van der Waals surface area contributed by atoms with Crippen molar-refractivity contribution in [1.82, 2.24) is 0 Å². The van der Waals surface area contributed by atoms with E-state index in [0.29, 0.717) is 0 Å². The average Bonchev–Trinajstić information content (AvgIpc) is 3.30. The summed E-state index contributed by atoms with van der Waals surface area (Å²) in [7, 11) is 5.77. The number of rotatable bonds is 12. The third kappa shape index (κ3) is 14.6. The van der Waals surface area contributed by atoms with E-state index < -0.39 is 15.8 Å². The zero-order chi connectivity index (χ0) is 40.1. The third-order valence-electron chi connectivity index (χ3n) is 14.1. The Kier molecular flexibility index (Phi) is 29.5. The van der Waals surface area contributed by atoms with Crippen molar-refractivity contribution < 1.29 is 59.8 Å². The SMILES string of the molecule is COc1cccc(OC)c1-c1ccccc1[PH+](C1CCCCC1)C1CCCCC1.COc1cccc(OC)c1-c1ccccc1[PH+](C1CCCCC1)C1CCCCC1.[CH3-].[CH3-].[CH3-].[CH3-].[Pd+2].[Pd+2]. The van der Waals surface area contributed by atoms with E-state index in [1.54, 1.807) is 39.0 Å². The minimum atomic E-state index is -0.660. The molecule has 360 valence electrons. The molecule has 64 heavy (non-hydrogen) atoms. The first-order valence-electron chi connectivity index (χ1n) is 23.0. The minimum absolute atomic E-state index is 0. The Balaban J connectivity index is 0.000000585. The van der Waals surface area contributed by atoms with E-state index >= 15 is 0 Å². The second-order valence-corrected chi connectivity index (χ2v) is 23.6. The van der Waals surface area contributed by atoms with Crippen LogP contribution in [0.3, 0.4) is 0 Å². The first-order valence-corrected chi connectivity index (χ1v) is 26.3. The van der Waals surface area contributed by atoms with Crippen LogP contribution in [-0.2, 0) is 40.8 Å². The van der Waals surface area contributed by atoms with E-state index in [1.165, 1.54) is 140 Å². The molecule has 0 N–H and O–H groups in total. The van der Waals surface area contributed by atoms with Gasteiger partial charge in [-0.2, -0.15) is 0 Å². The van der Waals surface area contributed by atoms with E-state index in [1.807, 2.05) is 12.1 Å². The predicted octanol–water partition coefficient (Wildman–Crippen LogP) is 15.5. The standard InChI is InChI=1S/2C26H35O2P.4CH3.2Pd/c2*1-27-23-17-11-18-24(28-2)26(23)22-16-9-10-19-25(22)29(20-12-5-3-6-13-20)21-14-7-4-8-15-21;;;;;;/h2*9-11,16-21H,3-8,12-15H2,1-2H3;4*1H3;;/q;;4*-1;2*+2/p+2. The van der Waals surface area contributed by atoms with Crippen molar-refractivity contribution in [2.75, 3.05) is 28.4 Å². The summed E-state index contributed by atoms with van der Waals surface area (Å²) in [6, 6.07) is 30.7. The summed E-state index contributed by atoms with van der Waals surface area (Å²) >= 11 is 0. The van der Waals surface area contributed by atoms with Crippen LogP contribution in [0.25, 0.3) is 22.3 Å². The van der Waals surface area contributed by atoms with E-state index in [4.69, 9.17) is 18.9 Å². The smallest absolute Gasteiger partial charge is 0.496 e. The molecule has 4 aliphatic rings. The molecule has 0 amide bonds. The number of hydrogen-bond acceptors (Lipinski definition) is 4. The molecule has 8 heteroatoms. The molecular formula is C56H84O4P2Pd2+2. The fraction of sp³-hybridized carbons (Fsp3) is 0.500. The number of benzene rings is 4. The first kappa shape index (κ1) is 60.3. The van der Waals surface area contributed by atoms with Crippen molar-refractivity contribution >= 4 is 26.5 Å². The second kappa shape index (κ2) is 31.3. The predicted molar refractivity (Wildman–Crippen MR) is 279 cm³/mol. The van der Waals surface area contributed by atoms with Crippen molar-refractivity contribution in [3.05, 3.63) is 115 Å². The van der Waals surface area contributed by atoms with Gasteiger partial charge in [0.15, 0.2) is 0 Å². The zero-order valence-electron chi connectivity index (χ0n) is 40.8. The van der Waals surface area contributed by atoms with Crippen molar-refractivity contribution in [3.8, 4) is 45.3 Å². The zero-order valence-corrected chi connectivity index (χ0v) is 45.9. The van der Waals surface area contributed by atoms with Gasteiger partial charge < -0.3 is 48.7 Å². The van der Waals surface area contributed by atoms with Crippen LogP contribution in [0, 0.1) is 29.7 Å². The van der Waals surface area contributed by atoms with Gasteiger partial charge in [0.25, 0.3) is 0 Å². The summed E-state index contributed by atoms with van der Waals surface area (Å²) in [5.41, 5.74) is 8.65. The molecule has 4 aromatic rings. The van der Waals surface area contributed by atoms with Crippen molar-refractivity contribution in [1.29, 1.82) is 0 Å². The topological polar surface area (TPSA) is 36.9 Å². The number of hydrogen-bond donors (Lipinski definition) is 0. The van der Waals surface area contributed by atoms with Gasteiger partial charge in [-0.05, 0) is 139 Å². The van der Waals surface area contributed by atoms with Gasteiger partial charge in [0.1, 0.15) is 33.6 Å². The molecule has 0 aromatic heterocycles. The fourth-order valence-electron chi connectivity index (χ4n) is 11.3. The van der Waals surface area contributed by atoms with Gasteiger partial charge in [0.2, 0.25) is 0 Å². The van der Waals surface area contributed by atoms with Crippen LogP contribution in [-0.4, -0.2) is 51.1 Å². The Bertz CT molecular complexity index is 1650. The monoisotopic (exact) mass is 1090 g/mol. The quantitative estimate of drug-likeness (QED) is 0.0805. The molecule has 0 radical (unpaired) electrons. The molecule has 0 heterocycles.